The molecular formula is C23H21N3O6. The molecule has 0 spiro atoms. The first kappa shape index (κ1) is 22.4. The Labute approximate surface area is 184 Å². The van der Waals surface area contributed by atoms with Crippen LogP contribution < -0.4 is 9.64 Å². The lowest BCUT2D eigenvalue weighted by Gasteiger charge is -2.23. The molecule has 164 valence electrons. The summed E-state index contributed by atoms with van der Waals surface area (Å²) in [6.45, 7) is 1.77. The lowest BCUT2D eigenvalue weighted by molar-refractivity contribution is -0.385. The first-order valence-corrected chi connectivity index (χ1v) is 9.82. The Morgan fingerprint density at radius 3 is 2.47 bits per heavy atom. The lowest BCUT2D eigenvalue weighted by atomic mass is 10.1. The van der Waals surface area contributed by atoms with E-state index in [1.165, 1.54) is 23.1 Å². The highest BCUT2D eigenvalue weighted by molar-refractivity contribution is 5.95. The number of anilines is 1. The zero-order valence-corrected chi connectivity index (χ0v) is 17.3. The fraction of sp³-hybridized carbons (Fsp3) is 0.174. The van der Waals surface area contributed by atoms with Crippen LogP contribution in [0.15, 0.2) is 73.1 Å². The Kier molecular flexibility index (Phi) is 7.47. The summed E-state index contributed by atoms with van der Waals surface area (Å²) in [6, 6.07) is 15.8. The first-order valence-electron chi connectivity index (χ1n) is 9.82. The van der Waals surface area contributed by atoms with Crippen LogP contribution in [0.1, 0.15) is 22.8 Å². The summed E-state index contributed by atoms with van der Waals surface area (Å²) in [4.78, 5) is 41.1. The molecule has 3 rings (SSSR count). The number of nitro benzene ring substituents is 1. The Bertz CT molecular complexity index is 1090. The molecule has 0 saturated carbocycles. The Morgan fingerprint density at radius 2 is 1.81 bits per heavy atom. The molecule has 0 aliphatic rings. The van der Waals surface area contributed by atoms with Crippen molar-refractivity contribution in [3.63, 3.8) is 0 Å². The average Bonchev–Trinajstić information content (AvgIpc) is 2.82. The highest BCUT2D eigenvalue weighted by Crippen LogP contribution is 2.26. The van der Waals surface area contributed by atoms with Crippen molar-refractivity contribution in [2.75, 3.05) is 18.1 Å². The smallest absolute Gasteiger partial charge is 0.338 e. The van der Waals surface area contributed by atoms with Gasteiger partial charge in [-0.15, -0.1) is 0 Å². The quantitative estimate of drug-likeness (QED) is 0.286. The Hall–Kier alpha value is -4.27. The number of nitrogens with zero attached hydrogens (tertiary/aromatic N) is 3. The van der Waals surface area contributed by atoms with E-state index in [9.17, 15) is 19.7 Å². The minimum atomic E-state index is -0.568. The molecule has 0 aliphatic carbocycles. The first-order chi connectivity index (χ1) is 15.5. The molecule has 9 heteroatoms. The fourth-order valence-electron chi connectivity index (χ4n) is 2.94. The summed E-state index contributed by atoms with van der Waals surface area (Å²) in [5.74, 6) is -0.871. The number of carbonyl (C=O) groups is 2. The minimum absolute atomic E-state index is 0.00448. The van der Waals surface area contributed by atoms with E-state index < -0.39 is 23.4 Å². The molecule has 0 saturated heterocycles. The summed E-state index contributed by atoms with van der Waals surface area (Å²) >= 11 is 0. The molecule has 2 aromatic carbocycles. The molecular weight excluding hydrogens is 414 g/mol. The van der Waals surface area contributed by atoms with Crippen LogP contribution in [-0.2, 0) is 16.1 Å². The summed E-state index contributed by atoms with van der Waals surface area (Å²) in [6.07, 6.45) is 3.26. The number of esters is 1. The van der Waals surface area contributed by atoms with Gasteiger partial charge in [0.25, 0.3) is 5.91 Å². The molecule has 0 N–H and O–H groups in total. The number of nitro groups is 1. The topological polar surface area (TPSA) is 112 Å². The number of carbonyl (C=O) groups excluding carboxylic acids is 2. The van der Waals surface area contributed by atoms with Gasteiger partial charge in [-0.25, -0.2) is 4.79 Å². The van der Waals surface area contributed by atoms with Crippen LogP contribution in [0, 0.1) is 10.1 Å². The highest BCUT2D eigenvalue weighted by Gasteiger charge is 2.20. The molecule has 3 aromatic rings. The van der Waals surface area contributed by atoms with E-state index in [4.69, 9.17) is 9.47 Å². The maximum absolute atomic E-state index is 13.0. The number of pyridine rings is 1. The van der Waals surface area contributed by atoms with Crippen LogP contribution in [0.4, 0.5) is 11.4 Å². The third-order valence-electron chi connectivity index (χ3n) is 4.47. The number of ether oxygens (including phenoxy) is 2. The predicted molar refractivity (Wildman–Crippen MR) is 116 cm³/mol. The van der Waals surface area contributed by atoms with E-state index in [1.54, 1.807) is 55.7 Å². The molecule has 32 heavy (non-hydrogen) atoms. The van der Waals surface area contributed by atoms with E-state index in [1.807, 2.05) is 6.07 Å². The number of para-hydroxylation sites is 2. The van der Waals surface area contributed by atoms with Gasteiger partial charge in [0.05, 0.1) is 23.6 Å². The molecule has 0 fully saturated rings. The Balaban J connectivity index is 1.82. The maximum Gasteiger partial charge on any atom is 0.338 e. The number of aromatic nitrogens is 1. The average molecular weight is 435 g/mol. The lowest BCUT2D eigenvalue weighted by Crippen LogP contribution is -2.34. The number of hydrogen-bond acceptors (Lipinski definition) is 7. The highest BCUT2D eigenvalue weighted by atomic mass is 16.6. The molecule has 0 radical (unpaired) electrons. The summed E-state index contributed by atoms with van der Waals surface area (Å²) in [5.41, 5.74) is 1.44. The zero-order valence-electron chi connectivity index (χ0n) is 17.3. The standard InChI is InChI=1S/C23H21N3O6/c1-2-31-23(28)18-9-11-19(12-10-18)25(15-17-6-5-13-24-14-17)22(27)16-32-21-8-4-3-7-20(21)26(29)30/h3-14H,2,15-16H2,1H3. The van der Waals surface area contributed by atoms with Gasteiger partial charge in [-0.3, -0.25) is 19.9 Å². The molecule has 9 nitrogen and oxygen atoms in total. The Morgan fingerprint density at radius 1 is 1.06 bits per heavy atom. The molecule has 0 unspecified atom stereocenters. The van der Waals surface area contributed by atoms with E-state index in [0.717, 1.165) is 5.56 Å². The summed E-state index contributed by atoms with van der Waals surface area (Å²) < 4.78 is 10.5. The van der Waals surface area contributed by atoms with Gasteiger partial charge in [0.15, 0.2) is 12.4 Å². The second kappa shape index (κ2) is 10.7. The van der Waals surface area contributed by atoms with Gasteiger partial charge in [0.2, 0.25) is 0 Å². The minimum Gasteiger partial charge on any atom is -0.477 e. The number of hydrogen-bond donors (Lipinski definition) is 0. The SMILES string of the molecule is CCOC(=O)c1ccc(N(Cc2cccnc2)C(=O)COc2ccccc2[N+](=O)[O-])cc1. The van der Waals surface area contributed by atoms with Gasteiger partial charge in [0, 0.05) is 24.1 Å². The second-order valence-corrected chi connectivity index (χ2v) is 6.62. The summed E-state index contributed by atoms with van der Waals surface area (Å²) in [7, 11) is 0. The van der Waals surface area contributed by atoms with Crippen LogP contribution in [0.25, 0.3) is 0 Å². The van der Waals surface area contributed by atoms with E-state index in [0.29, 0.717) is 11.3 Å². The zero-order chi connectivity index (χ0) is 22.9. The second-order valence-electron chi connectivity index (χ2n) is 6.62. The van der Waals surface area contributed by atoms with E-state index in [2.05, 4.69) is 4.98 Å². The van der Waals surface area contributed by atoms with Gasteiger partial charge in [-0.05, 0) is 48.9 Å². The van der Waals surface area contributed by atoms with Crippen molar-refractivity contribution in [1.82, 2.24) is 4.98 Å². The van der Waals surface area contributed by atoms with Crippen LogP contribution >= 0.6 is 0 Å². The predicted octanol–water partition coefficient (Wildman–Crippen LogP) is 3.78. The van der Waals surface area contributed by atoms with Crippen molar-refractivity contribution in [3.05, 3.63) is 94.3 Å². The maximum atomic E-state index is 13.0. The number of benzene rings is 2. The molecule has 0 bridgehead atoms. The largest absolute Gasteiger partial charge is 0.477 e. The third kappa shape index (κ3) is 5.66. The third-order valence-corrected chi connectivity index (χ3v) is 4.47. The van der Waals surface area contributed by atoms with Gasteiger partial charge >= 0.3 is 11.7 Å². The van der Waals surface area contributed by atoms with Crippen LogP contribution in [0.3, 0.4) is 0 Å². The van der Waals surface area contributed by atoms with E-state index in [-0.39, 0.29) is 24.6 Å². The van der Waals surface area contributed by atoms with Crippen molar-refractivity contribution in [2.24, 2.45) is 0 Å². The van der Waals surface area contributed by atoms with Crippen LogP contribution in [0.2, 0.25) is 0 Å². The van der Waals surface area contributed by atoms with Crippen molar-refractivity contribution in [1.29, 1.82) is 0 Å². The van der Waals surface area contributed by atoms with E-state index >= 15 is 0 Å². The molecule has 0 aliphatic heterocycles. The number of amides is 1. The van der Waals surface area contributed by atoms with Gasteiger partial charge in [-0.2, -0.15) is 0 Å². The monoisotopic (exact) mass is 435 g/mol. The van der Waals surface area contributed by atoms with Crippen molar-refractivity contribution in [2.45, 2.75) is 13.5 Å². The van der Waals surface area contributed by atoms with Crippen molar-refractivity contribution in [3.8, 4) is 5.75 Å². The summed E-state index contributed by atoms with van der Waals surface area (Å²) in [5, 5.41) is 11.2. The van der Waals surface area contributed by atoms with Crippen molar-refractivity contribution >= 4 is 23.3 Å². The van der Waals surface area contributed by atoms with Gasteiger partial charge < -0.3 is 14.4 Å². The van der Waals surface area contributed by atoms with Gasteiger partial charge in [-0.1, -0.05) is 18.2 Å². The van der Waals surface area contributed by atoms with Crippen LogP contribution in [0.5, 0.6) is 5.75 Å². The van der Waals surface area contributed by atoms with Gasteiger partial charge in [0.1, 0.15) is 0 Å². The molecule has 1 heterocycles. The number of rotatable bonds is 9. The van der Waals surface area contributed by atoms with Crippen molar-refractivity contribution < 1.29 is 24.0 Å². The molecule has 0 atom stereocenters. The van der Waals surface area contributed by atoms with Crippen LogP contribution in [-0.4, -0.2) is 35.0 Å². The fourth-order valence-corrected chi connectivity index (χ4v) is 2.94. The molecule has 1 aromatic heterocycles. The normalized spacial score (nSPS) is 10.3. The molecule has 1 amide bonds.